The number of nitrogens with one attached hydrogen (secondary N) is 1. The second-order valence-corrected chi connectivity index (χ2v) is 6.03. The minimum Gasteiger partial charge on any atom is -0.480 e. The van der Waals surface area contributed by atoms with Crippen LogP contribution in [0.4, 0.5) is 4.79 Å². The summed E-state index contributed by atoms with van der Waals surface area (Å²) in [6, 6.07) is 5.89. The molecule has 0 radical (unpaired) electrons. The van der Waals surface area contributed by atoms with Crippen molar-refractivity contribution in [3.63, 3.8) is 0 Å². The SMILES string of the molecule is CSCC[C@@H](NC(=O)N(C)Cc1ccc(Cl)cc1)C(=O)O. The van der Waals surface area contributed by atoms with E-state index in [2.05, 4.69) is 5.32 Å². The number of hydrogen-bond acceptors (Lipinski definition) is 3. The Balaban J connectivity index is 2.56. The first-order valence-corrected chi connectivity index (χ1v) is 8.19. The third-order valence-electron chi connectivity index (χ3n) is 2.89. The first kappa shape index (κ1) is 17.7. The van der Waals surface area contributed by atoms with Gasteiger partial charge in [0.1, 0.15) is 6.04 Å². The molecular weight excluding hydrogens is 312 g/mol. The van der Waals surface area contributed by atoms with Gasteiger partial charge >= 0.3 is 12.0 Å². The summed E-state index contributed by atoms with van der Waals surface area (Å²) in [6.07, 6.45) is 2.30. The van der Waals surface area contributed by atoms with E-state index >= 15 is 0 Å². The van der Waals surface area contributed by atoms with Gasteiger partial charge in [0.15, 0.2) is 0 Å². The van der Waals surface area contributed by atoms with Crippen LogP contribution >= 0.6 is 23.4 Å². The van der Waals surface area contributed by atoms with Crippen molar-refractivity contribution in [2.75, 3.05) is 19.1 Å². The standard InChI is InChI=1S/C14H19ClN2O3S/c1-17(9-10-3-5-11(15)6-4-10)14(20)16-12(13(18)19)7-8-21-2/h3-6,12H,7-9H2,1-2H3,(H,16,20)(H,18,19)/t12-/m1/s1. The third kappa shape index (κ3) is 6.27. The van der Waals surface area contributed by atoms with Gasteiger partial charge in [0.05, 0.1) is 0 Å². The highest BCUT2D eigenvalue weighted by Gasteiger charge is 2.21. The van der Waals surface area contributed by atoms with Crippen molar-refractivity contribution in [1.82, 2.24) is 10.2 Å². The first-order chi connectivity index (χ1) is 9.93. The zero-order valence-electron chi connectivity index (χ0n) is 12.0. The average Bonchev–Trinajstić information content (AvgIpc) is 2.45. The van der Waals surface area contributed by atoms with Gasteiger partial charge < -0.3 is 15.3 Å². The fraction of sp³-hybridized carbons (Fsp3) is 0.429. The molecular formula is C14H19ClN2O3S. The number of carbonyl (C=O) groups excluding carboxylic acids is 1. The van der Waals surface area contributed by atoms with Crippen molar-refractivity contribution in [3.8, 4) is 0 Å². The average molecular weight is 331 g/mol. The van der Waals surface area contributed by atoms with E-state index in [-0.39, 0.29) is 0 Å². The number of carbonyl (C=O) groups is 2. The number of amides is 2. The lowest BCUT2D eigenvalue weighted by molar-refractivity contribution is -0.139. The lowest BCUT2D eigenvalue weighted by atomic mass is 10.2. The van der Waals surface area contributed by atoms with E-state index in [0.717, 1.165) is 5.56 Å². The molecule has 0 unspecified atom stereocenters. The monoisotopic (exact) mass is 330 g/mol. The van der Waals surface area contributed by atoms with E-state index in [4.69, 9.17) is 16.7 Å². The van der Waals surface area contributed by atoms with Crippen LogP contribution in [0.2, 0.25) is 5.02 Å². The molecule has 0 aliphatic rings. The van der Waals surface area contributed by atoms with Crippen LogP contribution in [0.15, 0.2) is 24.3 Å². The maximum atomic E-state index is 12.0. The number of carboxylic acids is 1. The summed E-state index contributed by atoms with van der Waals surface area (Å²) in [6.45, 7) is 0.387. The third-order valence-corrected chi connectivity index (χ3v) is 3.78. The summed E-state index contributed by atoms with van der Waals surface area (Å²) < 4.78 is 0. The van der Waals surface area contributed by atoms with Crippen LogP contribution in [-0.4, -0.2) is 47.1 Å². The number of hydrogen-bond donors (Lipinski definition) is 2. The Bertz CT molecular complexity index is 482. The number of carboxylic acid groups (broad SMARTS) is 1. The molecule has 0 bridgehead atoms. The molecule has 7 heteroatoms. The molecule has 0 aromatic heterocycles. The van der Waals surface area contributed by atoms with Gasteiger partial charge in [-0.15, -0.1) is 0 Å². The molecule has 0 spiro atoms. The predicted octanol–water partition coefficient (Wildman–Crippen LogP) is 2.69. The molecule has 2 amide bonds. The Morgan fingerprint density at radius 1 is 1.38 bits per heavy atom. The summed E-state index contributed by atoms with van der Waals surface area (Å²) in [7, 11) is 1.62. The van der Waals surface area contributed by atoms with Crippen LogP contribution < -0.4 is 5.32 Å². The molecule has 0 fully saturated rings. The first-order valence-electron chi connectivity index (χ1n) is 6.42. The quantitative estimate of drug-likeness (QED) is 0.806. The van der Waals surface area contributed by atoms with Crippen molar-refractivity contribution in [3.05, 3.63) is 34.9 Å². The zero-order valence-corrected chi connectivity index (χ0v) is 13.6. The van der Waals surface area contributed by atoms with E-state index in [1.54, 1.807) is 30.9 Å². The minimum atomic E-state index is -1.02. The van der Waals surface area contributed by atoms with Gasteiger partial charge in [-0.25, -0.2) is 9.59 Å². The van der Waals surface area contributed by atoms with Crippen molar-refractivity contribution in [2.24, 2.45) is 0 Å². The van der Waals surface area contributed by atoms with Crippen LogP contribution in [0.1, 0.15) is 12.0 Å². The van der Waals surface area contributed by atoms with E-state index in [0.29, 0.717) is 23.7 Å². The zero-order chi connectivity index (χ0) is 15.8. The second-order valence-electron chi connectivity index (χ2n) is 4.60. The summed E-state index contributed by atoms with van der Waals surface area (Å²) in [5.41, 5.74) is 0.924. The van der Waals surface area contributed by atoms with Gasteiger partial charge in [0, 0.05) is 18.6 Å². The number of thioether (sulfide) groups is 1. The molecule has 21 heavy (non-hydrogen) atoms. The topological polar surface area (TPSA) is 69.6 Å². The molecule has 2 N–H and O–H groups in total. The number of rotatable bonds is 7. The van der Waals surface area contributed by atoms with E-state index in [9.17, 15) is 9.59 Å². The Morgan fingerprint density at radius 3 is 2.52 bits per heavy atom. The highest BCUT2D eigenvalue weighted by Crippen LogP contribution is 2.11. The van der Waals surface area contributed by atoms with Crippen LogP contribution in [0.5, 0.6) is 0 Å². The molecule has 0 aliphatic heterocycles. The van der Waals surface area contributed by atoms with Crippen LogP contribution in [-0.2, 0) is 11.3 Å². The highest BCUT2D eigenvalue weighted by molar-refractivity contribution is 7.98. The minimum absolute atomic E-state index is 0.387. The number of halogens is 1. The lowest BCUT2D eigenvalue weighted by Crippen LogP contribution is -2.46. The Labute approximate surface area is 133 Å². The maximum absolute atomic E-state index is 12.0. The molecule has 1 rings (SSSR count). The molecule has 0 heterocycles. The van der Waals surface area contributed by atoms with Crippen molar-refractivity contribution < 1.29 is 14.7 Å². The van der Waals surface area contributed by atoms with Crippen molar-refractivity contribution in [2.45, 2.75) is 19.0 Å². The van der Waals surface area contributed by atoms with E-state index < -0.39 is 18.0 Å². The number of benzene rings is 1. The maximum Gasteiger partial charge on any atom is 0.326 e. The number of aliphatic carboxylic acids is 1. The molecule has 116 valence electrons. The predicted molar refractivity (Wildman–Crippen MR) is 85.9 cm³/mol. The number of nitrogens with zero attached hydrogens (tertiary/aromatic N) is 1. The van der Waals surface area contributed by atoms with Crippen LogP contribution in [0.25, 0.3) is 0 Å². The number of urea groups is 1. The summed E-state index contributed by atoms with van der Waals surface area (Å²) in [4.78, 5) is 24.6. The van der Waals surface area contributed by atoms with Gasteiger partial charge in [-0.1, -0.05) is 23.7 Å². The molecule has 1 aromatic carbocycles. The van der Waals surface area contributed by atoms with Gasteiger partial charge in [0.2, 0.25) is 0 Å². The van der Waals surface area contributed by atoms with Gasteiger partial charge in [0.25, 0.3) is 0 Å². The smallest absolute Gasteiger partial charge is 0.326 e. The lowest BCUT2D eigenvalue weighted by Gasteiger charge is -2.21. The molecule has 5 nitrogen and oxygen atoms in total. The van der Waals surface area contributed by atoms with Gasteiger partial charge in [-0.05, 0) is 36.1 Å². The fourth-order valence-corrected chi connectivity index (χ4v) is 2.29. The van der Waals surface area contributed by atoms with Gasteiger partial charge in [-0.2, -0.15) is 11.8 Å². The Hall–Kier alpha value is -1.40. The largest absolute Gasteiger partial charge is 0.480 e. The highest BCUT2D eigenvalue weighted by atomic mass is 35.5. The van der Waals surface area contributed by atoms with Crippen molar-refractivity contribution in [1.29, 1.82) is 0 Å². The molecule has 0 saturated carbocycles. The normalized spacial score (nSPS) is 11.8. The summed E-state index contributed by atoms with van der Waals surface area (Å²) in [5.74, 6) is -0.338. The van der Waals surface area contributed by atoms with Crippen molar-refractivity contribution >= 4 is 35.4 Å². The Morgan fingerprint density at radius 2 is 2.00 bits per heavy atom. The van der Waals surface area contributed by atoms with Gasteiger partial charge in [-0.3, -0.25) is 0 Å². The molecule has 0 saturated heterocycles. The van der Waals surface area contributed by atoms with Crippen LogP contribution in [0.3, 0.4) is 0 Å². The van der Waals surface area contributed by atoms with Crippen LogP contribution in [0, 0.1) is 0 Å². The van der Waals surface area contributed by atoms with E-state index in [1.807, 2.05) is 18.4 Å². The Kier molecular flexibility index (Phi) is 7.39. The molecule has 0 aliphatic carbocycles. The summed E-state index contributed by atoms with van der Waals surface area (Å²) in [5, 5.41) is 12.3. The second kappa shape index (κ2) is 8.79. The molecule has 1 atom stereocenters. The van der Waals surface area contributed by atoms with E-state index in [1.165, 1.54) is 4.90 Å². The summed E-state index contributed by atoms with van der Waals surface area (Å²) >= 11 is 7.35. The fourth-order valence-electron chi connectivity index (χ4n) is 1.69. The molecule has 1 aromatic rings.